The van der Waals surface area contributed by atoms with Gasteiger partial charge in [-0.3, -0.25) is 0 Å². The van der Waals surface area contributed by atoms with Gasteiger partial charge in [0.05, 0.1) is 35.4 Å². The standard InChI is InChI=1S/C28H34F3N5O3S/c1-34(2)40(37,38)22-10-11-25(27(18-22)39-4)32-14-6-7-21-17-23-24(33-20-12-15-35(3)16-13-20)8-5-9-26(23)36(21)19-28(29,30)31/h5,8-11,17-18,20,32-33H,12-16,19H2,1-4H3. The number of benzene rings is 2. The molecular weight excluding hydrogens is 543 g/mol. The van der Waals surface area contributed by atoms with E-state index in [0.717, 1.165) is 35.9 Å². The van der Waals surface area contributed by atoms with Crippen LogP contribution in [0.1, 0.15) is 18.5 Å². The van der Waals surface area contributed by atoms with E-state index < -0.39 is 22.7 Å². The number of fused-ring (bicyclic) bond motifs is 1. The minimum atomic E-state index is -4.42. The molecular formula is C28H34F3N5O3S. The number of rotatable bonds is 8. The fraction of sp³-hybridized carbons (Fsp3) is 0.429. The average Bonchev–Trinajstić information content (AvgIpc) is 3.24. The van der Waals surface area contributed by atoms with E-state index in [1.807, 2.05) is 6.07 Å². The van der Waals surface area contributed by atoms with Gasteiger partial charge in [0.1, 0.15) is 12.3 Å². The second-order valence-electron chi connectivity index (χ2n) is 10.00. The Hall–Kier alpha value is -3.40. The van der Waals surface area contributed by atoms with Crippen molar-refractivity contribution in [3.8, 4) is 17.6 Å². The maximum Gasteiger partial charge on any atom is 0.406 e. The molecule has 40 heavy (non-hydrogen) atoms. The Kier molecular flexibility index (Phi) is 8.87. The first-order chi connectivity index (χ1) is 18.9. The van der Waals surface area contributed by atoms with Crippen LogP contribution >= 0.6 is 0 Å². The SMILES string of the molecule is COc1cc(S(=O)(=O)N(C)C)ccc1NCC#Cc1cc2c(NC3CCN(C)CC3)cccc2n1CC(F)(F)F. The zero-order chi connectivity index (χ0) is 29.1. The fourth-order valence-corrected chi connectivity index (χ4v) is 5.62. The quantitative estimate of drug-likeness (QED) is 0.386. The number of alkyl halides is 3. The van der Waals surface area contributed by atoms with Gasteiger partial charge in [0.2, 0.25) is 10.0 Å². The summed E-state index contributed by atoms with van der Waals surface area (Å²) in [7, 11) is 2.74. The summed E-state index contributed by atoms with van der Waals surface area (Å²) in [6, 6.07) is 11.7. The van der Waals surface area contributed by atoms with Gasteiger partial charge in [-0.05, 0) is 69.2 Å². The number of hydrogen-bond acceptors (Lipinski definition) is 6. The van der Waals surface area contributed by atoms with Crippen molar-refractivity contribution in [3.63, 3.8) is 0 Å². The fourth-order valence-electron chi connectivity index (χ4n) is 4.70. The minimum absolute atomic E-state index is 0.0762. The molecule has 0 bridgehead atoms. The van der Waals surface area contributed by atoms with Crippen molar-refractivity contribution in [2.75, 3.05) is 58.5 Å². The molecule has 12 heteroatoms. The zero-order valence-corrected chi connectivity index (χ0v) is 23.8. The van der Waals surface area contributed by atoms with Crippen LogP contribution in [0.2, 0.25) is 0 Å². The van der Waals surface area contributed by atoms with Gasteiger partial charge in [0.25, 0.3) is 0 Å². The van der Waals surface area contributed by atoms with Gasteiger partial charge in [-0.15, -0.1) is 0 Å². The normalized spacial score (nSPS) is 15.2. The van der Waals surface area contributed by atoms with Crippen LogP contribution in [-0.2, 0) is 16.6 Å². The van der Waals surface area contributed by atoms with Gasteiger partial charge in [0.15, 0.2) is 0 Å². The largest absolute Gasteiger partial charge is 0.495 e. The highest BCUT2D eigenvalue weighted by Crippen LogP contribution is 2.32. The second kappa shape index (κ2) is 12.0. The lowest BCUT2D eigenvalue weighted by Crippen LogP contribution is -2.36. The van der Waals surface area contributed by atoms with Crippen molar-refractivity contribution in [3.05, 3.63) is 48.2 Å². The molecule has 2 N–H and O–H groups in total. The molecule has 0 radical (unpaired) electrons. The first-order valence-corrected chi connectivity index (χ1v) is 14.3. The number of nitrogens with zero attached hydrogens (tertiary/aromatic N) is 3. The van der Waals surface area contributed by atoms with Crippen LogP contribution in [-0.4, -0.2) is 82.3 Å². The number of hydrogen-bond donors (Lipinski definition) is 2. The van der Waals surface area contributed by atoms with E-state index in [0.29, 0.717) is 22.3 Å². The van der Waals surface area contributed by atoms with Crippen molar-refractivity contribution in [2.45, 2.75) is 36.5 Å². The third-order valence-electron chi connectivity index (χ3n) is 6.90. The Balaban J connectivity index is 1.58. The third kappa shape index (κ3) is 6.83. The van der Waals surface area contributed by atoms with Crippen LogP contribution in [0.15, 0.2) is 47.4 Å². The molecule has 4 rings (SSSR count). The van der Waals surface area contributed by atoms with Gasteiger partial charge in [-0.1, -0.05) is 12.0 Å². The summed E-state index contributed by atoms with van der Waals surface area (Å²) in [6.07, 6.45) is -2.50. The predicted molar refractivity (Wildman–Crippen MR) is 151 cm³/mol. The molecule has 0 unspecified atom stereocenters. The van der Waals surface area contributed by atoms with E-state index in [1.54, 1.807) is 24.3 Å². The summed E-state index contributed by atoms with van der Waals surface area (Å²) >= 11 is 0. The van der Waals surface area contributed by atoms with Crippen molar-refractivity contribution in [1.82, 2.24) is 13.8 Å². The van der Waals surface area contributed by atoms with Gasteiger partial charge < -0.3 is 24.8 Å². The molecule has 0 atom stereocenters. The van der Waals surface area contributed by atoms with E-state index in [-0.39, 0.29) is 23.2 Å². The molecule has 0 spiro atoms. The van der Waals surface area contributed by atoms with Crippen molar-refractivity contribution >= 4 is 32.3 Å². The number of aromatic nitrogens is 1. The molecule has 1 aliphatic heterocycles. The predicted octanol–water partition coefficient (Wildman–Crippen LogP) is 4.43. The van der Waals surface area contributed by atoms with Crippen LogP contribution in [0.5, 0.6) is 5.75 Å². The Morgan fingerprint density at radius 2 is 1.82 bits per heavy atom. The Morgan fingerprint density at radius 1 is 1.10 bits per heavy atom. The summed E-state index contributed by atoms with van der Waals surface area (Å²) < 4.78 is 73.1. The maximum atomic E-state index is 13.5. The van der Waals surface area contributed by atoms with E-state index in [9.17, 15) is 21.6 Å². The van der Waals surface area contributed by atoms with Crippen LogP contribution in [0.25, 0.3) is 10.9 Å². The lowest BCUT2D eigenvalue weighted by atomic mass is 10.0. The summed E-state index contributed by atoms with van der Waals surface area (Å²) in [4.78, 5) is 2.34. The molecule has 1 saturated heterocycles. The number of ether oxygens (including phenoxy) is 1. The summed E-state index contributed by atoms with van der Waals surface area (Å²) in [5.41, 5.74) is 2.03. The highest BCUT2D eigenvalue weighted by atomic mass is 32.2. The maximum absolute atomic E-state index is 13.5. The summed E-state index contributed by atoms with van der Waals surface area (Å²) in [5.74, 6) is 6.10. The van der Waals surface area contributed by atoms with E-state index >= 15 is 0 Å². The van der Waals surface area contributed by atoms with Crippen LogP contribution in [0.4, 0.5) is 24.5 Å². The number of likely N-dealkylation sites (tertiary alicyclic amines) is 1. The molecule has 2 heterocycles. The van der Waals surface area contributed by atoms with Crippen LogP contribution in [0.3, 0.4) is 0 Å². The van der Waals surface area contributed by atoms with Crippen molar-refractivity contribution in [1.29, 1.82) is 0 Å². The van der Waals surface area contributed by atoms with E-state index in [1.165, 1.54) is 37.9 Å². The summed E-state index contributed by atoms with van der Waals surface area (Å²) in [5, 5.41) is 7.28. The zero-order valence-electron chi connectivity index (χ0n) is 23.0. The topological polar surface area (TPSA) is 78.8 Å². The Bertz CT molecular complexity index is 1520. The van der Waals surface area contributed by atoms with Gasteiger partial charge in [-0.2, -0.15) is 13.2 Å². The molecule has 1 aliphatic rings. The van der Waals surface area contributed by atoms with Gasteiger partial charge in [-0.25, -0.2) is 12.7 Å². The second-order valence-corrected chi connectivity index (χ2v) is 12.1. The number of nitrogens with one attached hydrogen (secondary N) is 2. The van der Waals surface area contributed by atoms with Gasteiger partial charge in [0, 0.05) is 37.3 Å². The molecule has 0 amide bonds. The third-order valence-corrected chi connectivity index (χ3v) is 8.71. The van der Waals surface area contributed by atoms with E-state index in [2.05, 4.69) is 34.4 Å². The molecule has 3 aromatic rings. The Labute approximate surface area is 233 Å². The average molecular weight is 578 g/mol. The highest BCUT2D eigenvalue weighted by Gasteiger charge is 2.30. The number of halogens is 3. The smallest absolute Gasteiger partial charge is 0.406 e. The first kappa shape index (κ1) is 29.6. The number of piperidine rings is 1. The number of anilines is 2. The van der Waals surface area contributed by atoms with Crippen LogP contribution < -0.4 is 15.4 Å². The number of sulfonamides is 1. The molecule has 1 aromatic heterocycles. The van der Waals surface area contributed by atoms with Crippen LogP contribution in [0, 0.1) is 11.8 Å². The lowest BCUT2D eigenvalue weighted by molar-refractivity contribution is -0.140. The van der Waals surface area contributed by atoms with Gasteiger partial charge >= 0.3 is 6.18 Å². The molecule has 216 valence electrons. The molecule has 0 saturated carbocycles. The van der Waals surface area contributed by atoms with E-state index in [4.69, 9.17) is 4.74 Å². The van der Waals surface area contributed by atoms with Crippen molar-refractivity contribution < 1.29 is 26.3 Å². The highest BCUT2D eigenvalue weighted by molar-refractivity contribution is 7.89. The molecule has 0 aliphatic carbocycles. The molecule has 2 aromatic carbocycles. The monoisotopic (exact) mass is 577 g/mol. The Morgan fingerprint density at radius 3 is 2.48 bits per heavy atom. The lowest BCUT2D eigenvalue weighted by Gasteiger charge is -2.30. The first-order valence-electron chi connectivity index (χ1n) is 12.9. The molecule has 8 nitrogen and oxygen atoms in total. The molecule has 1 fully saturated rings. The van der Waals surface area contributed by atoms with Crippen molar-refractivity contribution in [2.24, 2.45) is 0 Å². The number of methoxy groups -OCH3 is 1. The summed E-state index contributed by atoms with van der Waals surface area (Å²) in [6.45, 7) is 0.877. The minimum Gasteiger partial charge on any atom is -0.495 e.